The van der Waals surface area contributed by atoms with Gasteiger partial charge in [0, 0.05) is 25.2 Å². The molecule has 2 N–H and O–H groups in total. The van der Waals surface area contributed by atoms with Gasteiger partial charge in [0.25, 0.3) is 0 Å². The highest BCUT2D eigenvalue weighted by Crippen LogP contribution is 2.31. The van der Waals surface area contributed by atoms with Gasteiger partial charge in [0.15, 0.2) is 0 Å². The molecular weight excluding hydrogens is 216 g/mol. The van der Waals surface area contributed by atoms with Crippen molar-refractivity contribution in [1.82, 2.24) is 10.2 Å². The molecule has 4 nitrogen and oxygen atoms in total. The van der Waals surface area contributed by atoms with Crippen molar-refractivity contribution in [3.63, 3.8) is 0 Å². The minimum Gasteiger partial charge on any atom is -0.481 e. The van der Waals surface area contributed by atoms with E-state index < -0.39 is 11.4 Å². The van der Waals surface area contributed by atoms with Gasteiger partial charge in [-0.3, -0.25) is 9.69 Å². The van der Waals surface area contributed by atoms with Gasteiger partial charge in [-0.2, -0.15) is 0 Å². The number of nitrogens with zero attached hydrogens (tertiary/aromatic N) is 1. The monoisotopic (exact) mass is 240 g/mol. The van der Waals surface area contributed by atoms with Gasteiger partial charge >= 0.3 is 5.97 Å². The van der Waals surface area contributed by atoms with Crippen LogP contribution in [0.1, 0.15) is 39.5 Å². The number of aliphatic carboxylic acids is 1. The molecule has 2 rings (SSSR count). The fourth-order valence-electron chi connectivity index (χ4n) is 2.55. The highest BCUT2D eigenvalue weighted by atomic mass is 16.4. The average Bonchev–Trinajstić information content (AvgIpc) is 2.97. The SMILES string of the molecule is CC(C)(CN(CC1CCCN1)C1CC1)C(=O)O. The molecule has 1 aliphatic carbocycles. The summed E-state index contributed by atoms with van der Waals surface area (Å²) in [5.41, 5.74) is -0.638. The molecule has 0 bridgehead atoms. The molecule has 17 heavy (non-hydrogen) atoms. The summed E-state index contributed by atoms with van der Waals surface area (Å²) in [6, 6.07) is 1.20. The van der Waals surface area contributed by atoms with Gasteiger partial charge in [0.05, 0.1) is 5.41 Å². The summed E-state index contributed by atoms with van der Waals surface area (Å²) in [5.74, 6) is -0.692. The zero-order valence-electron chi connectivity index (χ0n) is 10.9. The highest BCUT2D eigenvalue weighted by molar-refractivity contribution is 5.73. The predicted octanol–water partition coefficient (Wildman–Crippen LogP) is 1.31. The van der Waals surface area contributed by atoms with Crippen LogP contribution < -0.4 is 5.32 Å². The Morgan fingerprint density at radius 2 is 2.12 bits per heavy atom. The molecule has 2 aliphatic rings. The molecule has 0 amide bonds. The standard InChI is InChI=1S/C13H24N2O2/c1-13(2,12(16)17)9-15(11-5-6-11)8-10-4-3-7-14-10/h10-11,14H,3-9H2,1-2H3,(H,16,17). The third-order valence-corrected chi connectivity index (χ3v) is 3.86. The third-order valence-electron chi connectivity index (χ3n) is 3.86. The van der Waals surface area contributed by atoms with Crippen molar-refractivity contribution in [2.45, 2.75) is 51.6 Å². The first kappa shape index (κ1) is 12.8. The van der Waals surface area contributed by atoms with Crippen LogP contribution in [0.4, 0.5) is 0 Å². The molecule has 0 spiro atoms. The maximum absolute atomic E-state index is 11.2. The molecule has 0 aromatic heterocycles. The van der Waals surface area contributed by atoms with E-state index in [1.54, 1.807) is 0 Å². The van der Waals surface area contributed by atoms with Crippen LogP contribution in [0.2, 0.25) is 0 Å². The molecule has 1 unspecified atom stereocenters. The van der Waals surface area contributed by atoms with Crippen molar-refractivity contribution in [1.29, 1.82) is 0 Å². The van der Waals surface area contributed by atoms with Crippen LogP contribution in [0.25, 0.3) is 0 Å². The second-order valence-corrected chi connectivity index (χ2v) is 6.14. The van der Waals surface area contributed by atoms with Crippen LogP contribution in [-0.2, 0) is 4.79 Å². The van der Waals surface area contributed by atoms with E-state index in [-0.39, 0.29) is 0 Å². The fourth-order valence-corrected chi connectivity index (χ4v) is 2.55. The first-order chi connectivity index (χ1) is 7.99. The Balaban J connectivity index is 1.90. The molecule has 98 valence electrons. The van der Waals surface area contributed by atoms with Gasteiger partial charge < -0.3 is 10.4 Å². The molecule has 4 heteroatoms. The van der Waals surface area contributed by atoms with Crippen molar-refractivity contribution >= 4 is 5.97 Å². The summed E-state index contributed by atoms with van der Waals surface area (Å²) < 4.78 is 0. The van der Waals surface area contributed by atoms with Gasteiger partial charge in [-0.25, -0.2) is 0 Å². The summed E-state index contributed by atoms with van der Waals surface area (Å²) in [5, 5.41) is 12.7. The van der Waals surface area contributed by atoms with E-state index in [0.29, 0.717) is 18.6 Å². The van der Waals surface area contributed by atoms with E-state index >= 15 is 0 Å². The van der Waals surface area contributed by atoms with Crippen molar-refractivity contribution in [2.24, 2.45) is 5.41 Å². The predicted molar refractivity (Wildman–Crippen MR) is 67.0 cm³/mol. The van der Waals surface area contributed by atoms with Crippen molar-refractivity contribution in [3.05, 3.63) is 0 Å². The Bertz CT molecular complexity index is 281. The number of hydrogen-bond acceptors (Lipinski definition) is 3. The molecule has 1 heterocycles. The Morgan fingerprint density at radius 1 is 1.41 bits per heavy atom. The largest absolute Gasteiger partial charge is 0.481 e. The van der Waals surface area contributed by atoms with Crippen LogP contribution in [0, 0.1) is 5.41 Å². The summed E-state index contributed by atoms with van der Waals surface area (Å²) in [7, 11) is 0. The lowest BCUT2D eigenvalue weighted by atomic mass is 9.92. The number of rotatable bonds is 6. The minimum atomic E-state index is -0.692. The lowest BCUT2D eigenvalue weighted by molar-refractivity contribution is -0.148. The smallest absolute Gasteiger partial charge is 0.310 e. The topological polar surface area (TPSA) is 52.6 Å². The van der Waals surface area contributed by atoms with E-state index in [1.165, 1.54) is 25.7 Å². The normalized spacial score (nSPS) is 25.5. The molecule has 1 atom stereocenters. The van der Waals surface area contributed by atoms with Crippen LogP contribution in [0.3, 0.4) is 0 Å². The number of carboxylic acid groups (broad SMARTS) is 1. The van der Waals surface area contributed by atoms with Crippen LogP contribution in [-0.4, -0.2) is 47.7 Å². The van der Waals surface area contributed by atoms with E-state index in [2.05, 4.69) is 10.2 Å². The van der Waals surface area contributed by atoms with Crippen molar-refractivity contribution < 1.29 is 9.90 Å². The van der Waals surface area contributed by atoms with E-state index in [0.717, 1.165) is 13.1 Å². The molecule has 1 aliphatic heterocycles. The summed E-state index contributed by atoms with van der Waals surface area (Å²) in [6.07, 6.45) is 4.97. The number of carbonyl (C=O) groups is 1. The molecule has 0 radical (unpaired) electrons. The van der Waals surface area contributed by atoms with Crippen molar-refractivity contribution in [3.8, 4) is 0 Å². The Kier molecular flexibility index (Phi) is 3.73. The summed E-state index contributed by atoms with van der Waals surface area (Å²) in [4.78, 5) is 13.6. The Hall–Kier alpha value is -0.610. The lowest BCUT2D eigenvalue weighted by Crippen LogP contribution is -2.45. The lowest BCUT2D eigenvalue weighted by Gasteiger charge is -2.31. The molecule has 2 fully saturated rings. The Morgan fingerprint density at radius 3 is 2.59 bits per heavy atom. The average molecular weight is 240 g/mol. The van der Waals surface area contributed by atoms with Gasteiger partial charge in [0.1, 0.15) is 0 Å². The quantitative estimate of drug-likeness (QED) is 0.735. The van der Waals surface area contributed by atoms with Gasteiger partial charge in [0.2, 0.25) is 0 Å². The fraction of sp³-hybridized carbons (Fsp3) is 0.923. The zero-order chi connectivity index (χ0) is 12.5. The molecule has 1 saturated carbocycles. The maximum atomic E-state index is 11.2. The highest BCUT2D eigenvalue weighted by Gasteiger charge is 2.37. The third kappa shape index (κ3) is 3.42. The van der Waals surface area contributed by atoms with E-state index in [9.17, 15) is 9.90 Å². The first-order valence-corrected chi connectivity index (χ1v) is 6.70. The number of hydrogen-bond donors (Lipinski definition) is 2. The maximum Gasteiger partial charge on any atom is 0.310 e. The molecule has 0 aromatic carbocycles. The minimum absolute atomic E-state index is 0.570. The molecule has 0 aromatic rings. The van der Waals surface area contributed by atoms with Gasteiger partial charge in [-0.15, -0.1) is 0 Å². The summed E-state index contributed by atoms with van der Waals surface area (Å²) >= 11 is 0. The van der Waals surface area contributed by atoms with Crippen LogP contribution >= 0.6 is 0 Å². The molecular formula is C13H24N2O2. The van der Waals surface area contributed by atoms with E-state index in [4.69, 9.17) is 0 Å². The molecule has 1 saturated heterocycles. The van der Waals surface area contributed by atoms with Crippen molar-refractivity contribution in [2.75, 3.05) is 19.6 Å². The Labute approximate surface area is 103 Å². The second kappa shape index (κ2) is 4.94. The van der Waals surface area contributed by atoms with E-state index in [1.807, 2.05) is 13.8 Å². The first-order valence-electron chi connectivity index (χ1n) is 6.70. The number of nitrogens with one attached hydrogen (secondary N) is 1. The zero-order valence-corrected chi connectivity index (χ0v) is 10.9. The number of carboxylic acids is 1. The van der Waals surface area contributed by atoms with Gasteiger partial charge in [-0.05, 0) is 46.1 Å². The van der Waals surface area contributed by atoms with Gasteiger partial charge in [-0.1, -0.05) is 0 Å². The summed E-state index contributed by atoms with van der Waals surface area (Å²) in [6.45, 7) is 6.46. The second-order valence-electron chi connectivity index (χ2n) is 6.14. The van der Waals surface area contributed by atoms with Crippen LogP contribution in [0.15, 0.2) is 0 Å². The van der Waals surface area contributed by atoms with Crippen LogP contribution in [0.5, 0.6) is 0 Å².